The summed E-state index contributed by atoms with van der Waals surface area (Å²) in [5.41, 5.74) is -1.47. The number of carboxylic acid groups (broad SMARTS) is 1. The summed E-state index contributed by atoms with van der Waals surface area (Å²) in [5, 5.41) is 8.46. The standard InChI is InChI=1S/C15H20N2O4/c1-21-10-12-9-17(15(19)20)8-7-13(12)16-14(18)11-5-3-2-4-6-11/h2-6,12-13H,7-10H2,1H3,(H,16,18)(H,19,20)/i1D3,2D,3D,4D,5D,6D,7D2,8D2,9D2,10D2,12D,13D/hD. The second-order valence-electron chi connectivity index (χ2n) is 3.31. The molecule has 1 heterocycles. The smallest absolute Gasteiger partial charge is 0.407 e. The second-order valence-corrected chi connectivity index (χ2v) is 3.31. The van der Waals surface area contributed by atoms with E-state index in [0.29, 0.717) is 0 Å². The number of methoxy groups -OCH3 is 1. The number of hydrogen-bond donors (Lipinski definition) is 2. The van der Waals surface area contributed by atoms with E-state index in [9.17, 15) is 14.7 Å². The third-order valence-corrected chi connectivity index (χ3v) is 2.02. The van der Waals surface area contributed by atoms with Crippen LogP contribution >= 0.6 is 0 Å². The lowest BCUT2D eigenvalue weighted by molar-refractivity contribution is 0.0589. The molecule has 2 N–H and O–H groups in total. The monoisotopic (exact) mass is 311 g/mol. The molecule has 21 heavy (non-hydrogen) atoms. The van der Waals surface area contributed by atoms with Crippen LogP contribution in [0.15, 0.2) is 30.2 Å². The SMILES string of the molecule is [2H]c1c([2H])c([2H])c(C(=O)N([2H])C2([2H])C([2H])([2H])C([2H])([2H])N(C(=O)O)C([2H])([2H])C2([2H])C([2H])([2H])OC([2H])([2H])[2H])c([2H])c1[2H]. The molecule has 2 unspecified atom stereocenters. The first kappa shape index (κ1) is 4.01. The van der Waals surface area contributed by atoms with Gasteiger partial charge in [0.1, 0.15) is 0 Å². The first-order valence-electron chi connectivity index (χ1n) is 14.6. The van der Waals surface area contributed by atoms with Gasteiger partial charge in [0.15, 0.2) is 1.41 Å². The predicted octanol–water partition coefficient (Wildman–Crippen LogP) is 1.43. The minimum atomic E-state index is -4.72. The second kappa shape index (κ2) is 7.08. The molecule has 1 fully saturated rings. The summed E-state index contributed by atoms with van der Waals surface area (Å²) >= 11 is 0. The fraction of sp³-hybridized carbons (Fsp3) is 0.467. The van der Waals surface area contributed by atoms with Crippen LogP contribution in [0.1, 0.15) is 41.4 Å². The zero-order chi connectivity index (χ0) is 32.0. The molecule has 0 saturated carbocycles. The van der Waals surface area contributed by atoms with E-state index in [1.54, 1.807) is 0 Å². The Kier molecular flexibility index (Phi) is 1.35. The van der Waals surface area contributed by atoms with Gasteiger partial charge >= 0.3 is 6.09 Å². The first-order chi connectivity index (χ1) is 17.5. The van der Waals surface area contributed by atoms with E-state index in [0.717, 1.165) is 0 Å². The van der Waals surface area contributed by atoms with Gasteiger partial charge in [0.25, 0.3) is 5.91 Å². The molecular formula is C15H20N2O4. The Balaban J connectivity index is 3.13. The van der Waals surface area contributed by atoms with Crippen LogP contribution in [0.4, 0.5) is 4.79 Å². The lowest BCUT2D eigenvalue weighted by atomic mass is 9.92. The van der Waals surface area contributed by atoms with Crippen molar-refractivity contribution in [3.05, 3.63) is 35.8 Å². The molecule has 1 aromatic rings. The third kappa shape index (κ3) is 3.95. The summed E-state index contributed by atoms with van der Waals surface area (Å²) < 4.78 is 156. The van der Waals surface area contributed by atoms with Crippen molar-refractivity contribution < 1.29 is 45.5 Å². The predicted molar refractivity (Wildman–Crippen MR) is 77.3 cm³/mol. The molecule has 0 aromatic heterocycles. The molecular weight excluding hydrogens is 272 g/mol. The molecule has 2 amide bonds. The topological polar surface area (TPSA) is 78.9 Å². The van der Waals surface area contributed by atoms with Crippen LogP contribution in [0.3, 0.4) is 0 Å². The number of amides is 2. The molecule has 6 heteroatoms. The van der Waals surface area contributed by atoms with E-state index in [2.05, 4.69) is 4.74 Å². The number of nitrogens with zero attached hydrogens (tertiary/aromatic N) is 1. The van der Waals surface area contributed by atoms with Crippen LogP contribution in [0.25, 0.3) is 0 Å². The van der Waals surface area contributed by atoms with Crippen molar-refractivity contribution in [2.45, 2.75) is 12.4 Å². The van der Waals surface area contributed by atoms with E-state index < -0.39 is 103 Å². The Morgan fingerprint density at radius 1 is 1.71 bits per heavy atom. The van der Waals surface area contributed by atoms with Crippen LogP contribution in [-0.4, -0.2) is 54.6 Å². The van der Waals surface area contributed by atoms with Gasteiger partial charge in [0, 0.05) is 47.1 Å². The summed E-state index contributed by atoms with van der Waals surface area (Å²) in [4.78, 5) is 24.2. The van der Waals surface area contributed by atoms with Gasteiger partial charge in [-0.25, -0.2) is 4.79 Å². The first-order valence-corrected chi connectivity index (χ1v) is 5.16. The van der Waals surface area contributed by atoms with Crippen molar-refractivity contribution >= 4 is 12.0 Å². The van der Waals surface area contributed by atoms with Crippen molar-refractivity contribution in [1.29, 1.82) is 0 Å². The van der Waals surface area contributed by atoms with Crippen molar-refractivity contribution in [2.24, 2.45) is 5.89 Å². The number of rotatable bonds is 4. The summed E-state index contributed by atoms with van der Waals surface area (Å²) in [7, 11) is -3.91. The number of piperidine rings is 1. The van der Waals surface area contributed by atoms with Gasteiger partial charge in [-0.05, 0) is 18.5 Å². The van der Waals surface area contributed by atoms with Crippen molar-refractivity contribution in [1.82, 2.24) is 10.2 Å². The number of hydrogen-bond acceptors (Lipinski definition) is 3. The van der Waals surface area contributed by atoms with Crippen LogP contribution in [-0.2, 0) is 4.74 Å². The lowest BCUT2D eigenvalue weighted by Gasteiger charge is -2.37. The summed E-state index contributed by atoms with van der Waals surface area (Å²) in [5.74, 6) is -6.99. The van der Waals surface area contributed by atoms with Crippen LogP contribution in [0.5, 0.6) is 0 Å². The molecule has 1 aromatic carbocycles. The Labute approximate surface area is 150 Å². The Bertz CT molecular complexity index is 1220. The molecule has 2 atom stereocenters. The number of carbonyl (C=O) groups is 2. The highest BCUT2D eigenvalue weighted by Gasteiger charge is 2.32. The molecule has 1 aliphatic heterocycles. The highest BCUT2D eigenvalue weighted by Crippen LogP contribution is 2.18. The maximum atomic E-state index is 13.4. The van der Waals surface area contributed by atoms with E-state index in [4.69, 9.17) is 26.1 Å². The highest BCUT2D eigenvalue weighted by molar-refractivity contribution is 5.94. The average Bonchev–Trinajstić information content (AvgIpc) is 2.76. The zero-order valence-corrected chi connectivity index (χ0v) is 10.1. The molecule has 0 radical (unpaired) electrons. The van der Waals surface area contributed by atoms with Gasteiger partial charge in [-0.15, -0.1) is 0 Å². The summed E-state index contributed by atoms with van der Waals surface area (Å²) in [6.45, 7) is -13.4. The summed E-state index contributed by atoms with van der Waals surface area (Å²) in [6, 6.07) is -10.8. The fourth-order valence-corrected chi connectivity index (χ4v) is 1.18. The van der Waals surface area contributed by atoms with E-state index in [1.165, 1.54) is 0 Å². The molecule has 0 bridgehead atoms. The van der Waals surface area contributed by atoms with Crippen molar-refractivity contribution in [2.75, 3.05) is 26.6 Å². The zero-order valence-electron chi connectivity index (χ0n) is 29.1. The largest absolute Gasteiger partial charge is 0.465 e. The third-order valence-electron chi connectivity index (χ3n) is 2.02. The fourth-order valence-electron chi connectivity index (χ4n) is 1.18. The number of nitrogens with one attached hydrogen (secondary N) is 1. The van der Waals surface area contributed by atoms with Gasteiger partial charge in [-0.1, -0.05) is 18.1 Å². The molecule has 114 valence electrons. The minimum Gasteiger partial charge on any atom is -0.465 e. The molecule has 1 saturated heterocycles. The van der Waals surface area contributed by atoms with Gasteiger partial charge in [-0.2, -0.15) is 0 Å². The van der Waals surface area contributed by atoms with E-state index >= 15 is 0 Å². The Morgan fingerprint density at radius 3 is 3.14 bits per heavy atom. The minimum absolute atomic E-state index is 1.04. The lowest BCUT2D eigenvalue weighted by Crippen LogP contribution is -2.53. The number of benzene rings is 1. The number of carbonyl (C=O) groups excluding carboxylic acids is 1. The van der Waals surface area contributed by atoms with Gasteiger partial charge in [0.05, 0.1) is 21.6 Å². The molecule has 6 nitrogen and oxygen atoms in total. The molecule has 0 aliphatic carbocycles. The normalized spacial score (nSPS) is 50.5. The maximum Gasteiger partial charge on any atom is 0.407 e. The van der Waals surface area contributed by atoms with Crippen LogP contribution < -0.4 is 5.31 Å². The van der Waals surface area contributed by atoms with Crippen LogP contribution in [0, 0.1) is 5.89 Å². The average molecular weight is 311 g/mol. The van der Waals surface area contributed by atoms with Crippen molar-refractivity contribution in [3.8, 4) is 0 Å². The maximum absolute atomic E-state index is 13.4. The number of likely N-dealkylation sites (tertiary alicyclic amines) is 1. The molecule has 1 aliphatic rings. The van der Waals surface area contributed by atoms with Crippen LogP contribution in [0.2, 0.25) is 1.41 Å². The van der Waals surface area contributed by atoms with E-state index in [-0.39, 0.29) is 0 Å². The van der Waals surface area contributed by atoms with Gasteiger partial charge in [-0.3, -0.25) is 4.79 Å². The van der Waals surface area contributed by atoms with E-state index in [1.807, 2.05) is 0 Å². The molecule has 2 rings (SSSR count). The number of ether oxygens (including phenoxy) is 1. The quantitative estimate of drug-likeness (QED) is 0.882. The van der Waals surface area contributed by atoms with Crippen molar-refractivity contribution in [3.63, 3.8) is 0 Å². The molecule has 0 spiro atoms. The van der Waals surface area contributed by atoms with Gasteiger partial charge in [0.2, 0.25) is 0 Å². The van der Waals surface area contributed by atoms with Gasteiger partial charge < -0.3 is 20.1 Å². The summed E-state index contributed by atoms with van der Waals surface area (Å²) in [6.07, 6.45) is -7.18. The highest BCUT2D eigenvalue weighted by atomic mass is 16.5. The Morgan fingerprint density at radius 2 is 2.48 bits per heavy atom. The Hall–Kier alpha value is -2.08.